The van der Waals surface area contributed by atoms with Gasteiger partial charge in [0.2, 0.25) is 5.91 Å². The van der Waals surface area contributed by atoms with Crippen LogP contribution in [0.1, 0.15) is 12.0 Å². The number of aryl methyl sites for hydroxylation is 1. The summed E-state index contributed by atoms with van der Waals surface area (Å²) in [5, 5.41) is 11.8. The van der Waals surface area contributed by atoms with Crippen molar-refractivity contribution in [3.63, 3.8) is 0 Å². The smallest absolute Gasteiger partial charge is 0.253 e. The zero-order valence-corrected chi connectivity index (χ0v) is 11.4. The molecule has 1 aromatic rings. The Balaban J connectivity index is 1.67. The monoisotopic (exact) mass is 288 g/mol. The molecule has 0 aromatic heterocycles. The predicted molar refractivity (Wildman–Crippen MR) is 75.3 cm³/mol. The molecule has 6 heteroatoms. The highest BCUT2D eigenvalue weighted by Gasteiger charge is 2.22. The molecular formula is C15H16N2O4. The predicted octanol–water partition coefficient (Wildman–Crippen LogP) is 0.366. The molecule has 0 radical (unpaired) electrons. The first kappa shape index (κ1) is 14.8. The highest BCUT2D eigenvalue weighted by molar-refractivity contribution is 6.12. The van der Waals surface area contributed by atoms with Gasteiger partial charge >= 0.3 is 0 Å². The van der Waals surface area contributed by atoms with Gasteiger partial charge in [-0.3, -0.25) is 19.3 Å². The summed E-state index contributed by atoms with van der Waals surface area (Å²) < 4.78 is 0. The number of hydrogen-bond donors (Lipinski definition) is 2. The number of phenolic OH excluding ortho intramolecular Hbond substituents is 1. The van der Waals surface area contributed by atoms with Gasteiger partial charge < -0.3 is 10.4 Å². The Morgan fingerprint density at radius 3 is 2.33 bits per heavy atom. The van der Waals surface area contributed by atoms with E-state index in [9.17, 15) is 14.4 Å². The molecular weight excluding hydrogens is 272 g/mol. The zero-order valence-electron chi connectivity index (χ0n) is 11.4. The molecule has 0 aliphatic carbocycles. The number of amides is 3. The van der Waals surface area contributed by atoms with Gasteiger partial charge in [0.25, 0.3) is 11.8 Å². The van der Waals surface area contributed by atoms with Crippen LogP contribution in [0.25, 0.3) is 0 Å². The molecule has 0 unspecified atom stereocenters. The van der Waals surface area contributed by atoms with Crippen LogP contribution < -0.4 is 5.32 Å². The van der Waals surface area contributed by atoms with Crippen molar-refractivity contribution in [3.05, 3.63) is 42.0 Å². The number of aromatic hydroxyl groups is 1. The standard InChI is InChI=1S/C15H16N2O4/c18-12-4-1-11(2-5-12)3-6-13(19)16-9-10-17-14(20)7-8-15(17)21/h1-2,4-5,7-8,18H,3,6,9-10H2,(H,16,19). The lowest BCUT2D eigenvalue weighted by Gasteiger charge is -2.13. The topological polar surface area (TPSA) is 86.7 Å². The average Bonchev–Trinajstić information content (AvgIpc) is 2.78. The Morgan fingerprint density at radius 2 is 1.71 bits per heavy atom. The fourth-order valence-corrected chi connectivity index (χ4v) is 1.97. The minimum Gasteiger partial charge on any atom is -0.508 e. The lowest BCUT2D eigenvalue weighted by atomic mass is 10.1. The van der Waals surface area contributed by atoms with Crippen molar-refractivity contribution in [2.45, 2.75) is 12.8 Å². The molecule has 0 bridgehead atoms. The SMILES string of the molecule is O=C(CCc1ccc(O)cc1)NCCN1C(=O)C=CC1=O. The number of hydrogen-bond acceptors (Lipinski definition) is 4. The molecule has 2 N–H and O–H groups in total. The summed E-state index contributed by atoms with van der Waals surface area (Å²) in [6.45, 7) is 0.420. The first-order chi connectivity index (χ1) is 10.1. The van der Waals surface area contributed by atoms with Crippen molar-refractivity contribution in [3.8, 4) is 5.75 Å². The molecule has 1 heterocycles. The minimum absolute atomic E-state index is 0.143. The lowest BCUT2D eigenvalue weighted by Crippen LogP contribution is -2.38. The van der Waals surface area contributed by atoms with Gasteiger partial charge in [0.15, 0.2) is 0 Å². The van der Waals surface area contributed by atoms with E-state index in [2.05, 4.69) is 5.32 Å². The van der Waals surface area contributed by atoms with E-state index in [4.69, 9.17) is 5.11 Å². The van der Waals surface area contributed by atoms with E-state index in [-0.39, 0.29) is 36.6 Å². The number of nitrogens with one attached hydrogen (secondary N) is 1. The van der Waals surface area contributed by atoms with E-state index in [0.29, 0.717) is 12.8 Å². The molecule has 1 aliphatic rings. The number of nitrogens with zero attached hydrogens (tertiary/aromatic N) is 1. The second-order valence-corrected chi connectivity index (χ2v) is 4.68. The Kier molecular flexibility index (Phi) is 4.71. The maximum absolute atomic E-state index is 11.7. The van der Waals surface area contributed by atoms with E-state index >= 15 is 0 Å². The van der Waals surface area contributed by atoms with Gasteiger partial charge in [-0.1, -0.05) is 12.1 Å². The van der Waals surface area contributed by atoms with E-state index in [1.54, 1.807) is 24.3 Å². The van der Waals surface area contributed by atoms with E-state index in [1.807, 2.05) is 0 Å². The summed E-state index contributed by atoms with van der Waals surface area (Å²) >= 11 is 0. The zero-order chi connectivity index (χ0) is 15.2. The van der Waals surface area contributed by atoms with Crippen LogP contribution in [0.15, 0.2) is 36.4 Å². The molecule has 0 spiro atoms. The Labute approximate surface area is 122 Å². The van der Waals surface area contributed by atoms with Crippen LogP contribution in [-0.2, 0) is 20.8 Å². The molecule has 0 saturated carbocycles. The van der Waals surface area contributed by atoms with E-state index in [1.165, 1.54) is 12.2 Å². The van der Waals surface area contributed by atoms with Crippen molar-refractivity contribution in [2.75, 3.05) is 13.1 Å². The number of carbonyl (C=O) groups excluding carboxylic acids is 3. The van der Waals surface area contributed by atoms with Crippen molar-refractivity contribution in [1.82, 2.24) is 10.2 Å². The summed E-state index contributed by atoms with van der Waals surface area (Å²) in [5.41, 5.74) is 0.956. The normalized spacial score (nSPS) is 13.8. The highest BCUT2D eigenvalue weighted by atomic mass is 16.3. The van der Waals surface area contributed by atoms with Gasteiger partial charge in [-0.2, -0.15) is 0 Å². The van der Waals surface area contributed by atoms with Crippen molar-refractivity contribution < 1.29 is 19.5 Å². The third kappa shape index (κ3) is 4.17. The minimum atomic E-state index is -0.349. The van der Waals surface area contributed by atoms with Gasteiger partial charge in [-0.15, -0.1) is 0 Å². The van der Waals surface area contributed by atoms with Crippen molar-refractivity contribution in [1.29, 1.82) is 0 Å². The molecule has 1 aromatic carbocycles. The van der Waals surface area contributed by atoms with Gasteiger partial charge in [-0.05, 0) is 24.1 Å². The molecule has 21 heavy (non-hydrogen) atoms. The third-order valence-electron chi connectivity index (χ3n) is 3.14. The number of imide groups is 1. The van der Waals surface area contributed by atoms with Crippen LogP contribution in [0.3, 0.4) is 0 Å². The van der Waals surface area contributed by atoms with Crippen LogP contribution >= 0.6 is 0 Å². The molecule has 0 atom stereocenters. The average molecular weight is 288 g/mol. The Morgan fingerprint density at radius 1 is 1.10 bits per heavy atom. The number of rotatable bonds is 6. The Hall–Kier alpha value is -2.63. The molecule has 3 amide bonds. The molecule has 2 rings (SSSR count). The largest absolute Gasteiger partial charge is 0.508 e. The Bertz CT molecular complexity index is 560. The van der Waals surface area contributed by atoms with Crippen LogP contribution in [-0.4, -0.2) is 40.8 Å². The number of benzene rings is 1. The maximum Gasteiger partial charge on any atom is 0.253 e. The van der Waals surface area contributed by atoms with Crippen molar-refractivity contribution in [2.24, 2.45) is 0 Å². The molecule has 0 saturated heterocycles. The summed E-state index contributed by atoms with van der Waals surface area (Å²) in [7, 11) is 0. The van der Waals surface area contributed by atoms with Crippen molar-refractivity contribution >= 4 is 17.7 Å². The second kappa shape index (κ2) is 6.69. The second-order valence-electron chi connectivity index (χ2n) is 4.68. The van der Waals surface area contributed by atoms with E-state index in [0.717, 1.165) is 10.5 Å². The molecule has 1 aliphatic heterocycles. The van der Waals surface area contributed by atoms with Gasteiger partial charge in [-0.25, -0.2) is 0 Å². The highest BCUT2D eigenvalue weighted by Crippen LogP contribution is 2.11. The van der Waals surface area contributed by atoms with Crippen LogP contribution in [0, 0.1) is 0 Å². The van der Waals surface area contributed by atoms with Gasteiger partial charge in [0.1, 0.15) is 5.75 Å². The summed E-state index contributed by atoms with van der Waals surface area (Å²) in [4.78, 5) is 35.3. The van der Waals surface area contributed by atoms with Gasteiger partial charge in [0.05, 0.1) is 0 Å². The van der Waals surface area contributed by atoms with Crippen LogP contribution in [0.5, 0.6) is 5.75 Å². The maximum atomic E-state index is 11.7. The van der Waals surface area contributed by atoms with Crippen LogP contribution in [0.2, 0.25) is 0 Å². The fraction of sp³-hybridized carbons (Fsp3) is 0.267. The molecule has 0 fully saturated rings. The summed E-state index contributed by atoms with van der Waals surface area (Å²) in [5.74, 6) is -0.649. The molecule has 6 nitrogen and oxygen atoms in total. The number of phenols is 1. The number of carbonyl (C=O) groups is 3. The summed E-state index contributed by atoms with van der Waals surface area (Å²) in [6.07, 6.45) is 3.31. The fourth-order valence-electron chi connectivity index (χ4n) is 1.97. The quantitative estimate of drug-likeness (QED) is 0.740. The lowest BCUT2D eigenvalue weighted by molar-refractivity contribution is -0.137. The third-order valence-corrected chi connectivity index (χ3v) is 3.14. The first-order valence-electron chi connectivity index (χ1n) is 6.64. The van der Waals surface area contributed by atoms with E-state index < -0.39 is 0 Å². The van der Waals surface area contributed by atoms with Gasteiger partial charge in [0, 0.05) is 31.7 Å². The molecule has 110 valence electrons. The first-order valence-corrected chi connectivity index (χ1v) is 6.64. The summed E-state index contributed by atoms with van der Waals surface area (Å²) in [6, 6.07) is 6.67. The van der Waals surface area contributed by atoms with Crippen LogP contribution in [0.4, 0.5) is 0 Å².